The van der Waals surface area contributed by atoms with E-state index >= 15 is 0 Å². The fraction of sp³-hybridized carbons (Fsp3) is 0.0741. The summed E-state index contributed by atoms with van der Waals surface area (Å²) < 4.78 is 0. The van der Waals surface area contributed by atoms with Crippen LogP contribution in [-0.2, 0) is 0 Å². The molecule has 6 nitrogen and oxygen atoms in total. The van der Waals surface area contributed by atoms with Gasteiger partial charge in [-0.05, 0) is 24.6 Å². The monoisotopic (exact) mass is 568 g/mol. The van der Waals surface area contributed by atoms with Gasteiger partial charge in [-0.1, -0.05) is 82.8 Å². The van der Waals surface area contributed by atoms with Gasteiger partial charge in [0.15, 0.2) is 11.6 Å². The second kappa shape index (κ2) is 8.36. The molecule has 0 spiro atoms. The Bertz CT molecular complexity index is 1740. The first-order valence-corrected chi connectivity index (χ1v) is 12.5. The van der Waals surface area contributed by atoms with Crippen molar-refractivity contribution in [2.75, 3.05) is 4.90 Å². The van der Waals surface area contributed by atoms with Crippen LogP contribution in [0.3, 0.4) is 0 Å². The number of pyridine rings is 1. The van der Waals surface area contributed by atoms with Crippen molar-refractivity contribution in [2.45, 2.75) is 12.8 Å². The van der Waals surface area contributed by atoms with E-state index in [0.29, 0.717) is 27.6 Å². The van der Waals surface area contributed by atoms with Crippen LogP contribution in [0.2, 0.25) is 20.1 Å². The fourth-order valence-electron chi connectivity index (χ4n) is 4.97. The van der Waals surface area contributed by atoms with E-state index in [0.717, 1.165) is 4.90 Å². The molecule has 3 aromatic carbocycles. The molecule has 0 bridgehead atoms. The normalized spacial score (nSPS) is 16.7. The third kappa shape index (κ3) is 3.23. The van der Waals surface area contributed by atoms with Crippen molar-refractivity contribution in [2.24, 2.45) is 0 Å². The van der Waals surface area contributed by atoms with Gasteiger partial charge in [0, 0.05) is 16.5 Å². The number of carbonyl (C=O) groups is 4. The topological polar surface area (TPSA) is 84.4 Å². The number of hydrogen-bond acceptors (Lipinski definition) is 5. The maximum Gasteiger partial charge on any atom is 0.267 e. The Kier molecular flexibility index (Phi) is 5.44. The molecule has 0 radical (unpaired) electrons. The Morgan fingerprint density at radius 1 is 0.730 bits per heavy atom. The molecule has 2 aliphatic rings. The molecule has 37 heavy (non-hydrogen) atoms. The van der Waals surface area contributed by atoms with Gasteiger partial charge in [-0.3, -0.25) is 24.2 Å². The zero-order valence-electron chi connectivity index (χ0n) is 18.7. The average Bonchev–Trinajstić information content (AvgIpc) is 3.30. The lowest BCUT2D eigenvalue weighted by Gasteiger charge is -2.19. The molecule has 0 fully saturated rings. The number of anilines is 1. The number of imide groups is 1. The van der Waals surface area contributed by atoms with Crippen molar-refractivity contribution >= 4 is 86.4 Å². The van der Waals surface area contributed by atoms with Gasteiger partial charge in [0.2, 0.25) is 0 Å². The molecule has 1 aromatic heterocycles. The van der Waals surface area contributed by atoms with E-state index in [1.807, 2.05) is 0 Å². The van der Waals surface area contributed by atoms with Crippen molar-refractivity contribution in [3.8, 4) is 0 Å². The number of halogens is 4. The van der Waals surface area contributed by atoms with Gasteiger partial charge < -0.3 is 0 Å². The lowest BCUT2D eigenvalue weighted by atomic mass is 9.97. The first-order chi connectivity index (χ1) is 17.6. The molecule has 6 rings (SSSR count). The van der Waals surface area contributed by atoms with Crippen molar-refractivity contribution < 1.29 is 19.2 Å². The smallest absolute Gasteiger partial charge is 0.267 e. The zero-order valence-corrected chi connectivity index (χ0v) is 21.8. The van der Waals surface area contributed by atoms with Gasteiger partial charge in [0.05, 0.1) is 48.1 Å². The first kappa shape index (κ1) is 24.1. The predicted octanol–water partition coefficient (Wildman–Crippen LogP) is 7.12. The highest BCUT2D eigenvalue weighted by atomic mass is 35.5. The van der Waals surface area contributed by atoms with Crippen LogP contribution >= 0.6 is 46.4 Å². The summed E-state index contributed by atoms with van der Waals surface area (Å²) in [6.45, 7) is 1.76. The van der Waals surface area contributed by atoms with E-state index in [4.69, 9.17) is 46.4 Å². The number of carbonyl (C=O) groups excluding carboxylic acids is 4. The largest absolute Gasteiger partial charge is 0.293 e. The summed E-state index contributed by atoms with van der Waals surface area (Å²) >= 11 is 24.9. The van der Waals surface area contributed by atoms with Crippen LogP contribution in [0, 0.1) is 6.92 Å². The van der Waals surface area contributed by atoms with Crippen molar-refractivity contribution in [1.29, 1.82) is 0 Å². The highest BCUT2D eigenvalue weighted by Crippen LogP contribution is 2.47. The van der Waals surface area contributed by atoms with Gasteiger partial charge in [0.1, 0.15) is 5.92 Å². The molecule has 1 atom stereocenters. The van der Waals surface area contributed by atoms with Crippen LogP contribution in [0.5, 0.6) is 0 Å². The van der Waals surface area contributed by atoms with E-state index in [2.05, 4.69) is 4.98 Å². The lowest BCUT2D eigenvalue weighted by Crippen LogP contribution is -2.30. The number of benzene rings is 3. The third-order valence-corrected chi connectivity index (χ3v) is 8.46. The predicted molar refractivity (Wildman–Crippen MR) is 142 cm³/mol. The minimum atomic E-state index is -1.22. The molecule has 4 aromatic rings. The molecule has 1 aliphatic carbocycles. The van der Waals surface area contributed by atoms with Crippen molar-refractivity contribution in [3.05, 3.63) is 102 Å². The highest BCUT2D eigenvalue weighted by Gasteiger charge is 2.45. The summed E-state index contributed by atoms with van der Waals surface area (Å²) in [4.78, 5) is 59.4. The van der Waals surface area contributed by atoms with Gasteiger partial charge >= 0.3 is 0 Å². The van der Waals surface area contributed by atoms with Gasteiger partial charge in [-0.2, -0.15) is 0 Å². The van der Waals surface area contributed by atoms with Crippen LogP contribution in [0.25, 0.3) is 10.9 Å². The number of amides is 2. The zero-order chi connectivity index (χ0) is 26.3. The number of nitrogens with zero attached hydrogens (tertiary/aromatic N) is 2. The van der Waals surface area contributed by atoms with Crippen LogP contribution in [0.1, 0.15) is 58.6 Å². The molecule has 0 saturated heterocycles. The number of para-hydroxylation sites is 1. The molecular formula is C27H12Cl4N2O4. The van der Waals surface area contributed by atoms with E-state index in [-0.39, 0.29) is 48.4 Å². The average molecular weight is 570 g/mol. The van der Waals surface area contributed by atoms with E-state index in [1.165, 1.54) is 6.07 Å². The number of aromatic nitrogens is 1. The molecule has 10 heteroatoms. The van der Waals surface area contributed by atoms with Crippen LogP contribution in [-0.4, -0.2) is 28.4 Å². The van der Waals surface area contributed by atoms with Crippen LogP contribution in [0.15, 0.2) is 48.5 Å². The molecule has 2 amide bonds. The summed E-state index contributed by atoms with van der Waals surface area (Å²) in [6.07, 6.45) is 0. The minimum absolute atomic E-state index is 0.115. The number of aryl methyl sites for hydroxylation is 1. The second-order valence-electron chi connectivity index (χ2n) is 8.69. The molecule has 0 N–H and O–H groups in total. The Morgan fingerprint density at radius 3 is 1.97 bits per heavy atom. The maximum absolute atomic E-state index is 13.6. The van der Waals surface area contributed by atoms with Crippen LogP contribution in [0.4, 0.5) is 5.69 Å². The molecule has 182 valence electrons. The second-order valence-corrected chi connectivity index (χ2v) is 10.2. The summed E-state index contributed by atoms with van der Waals surface area (Å²) in [5, 5.41) is -0.247. The van der Waals surface area contributed by atoms with E-state index in [1.54, 1.807) is 49.4 Å². The summed E-state index contributed by atoms with van der Waals surface area (Å²) in [6, 6.07) is 13.3. The Balaban J connectivity index is 1.57. The molecule has 2 heterocycles. The quantitative estimate of drug-likeness (QED) is 0.111. The minimum Gasteiger partial charge on any atom is -0.293 e. The Labute approximate surface area is 229 Å². The van der Waals surface area contributed by atoms with E-state index in [9.17, 15) is 19.2 Å². The summed E-state index contributed by atoms with van der Waals surface area (Å²) in [7, 11) is 0. The lowest BCUT2D eigenvalue weighted by molar-refractivity contribution is 0.0884. The molecule has 1 aliphatic heterocycles. The molecular weight excluding hydrogens is 558 g/mol. The molecule has 0 saturated carbocycles. The fourth-order valence-corrected chi connectivity index (χ4v) is 5.98. The van der Waals surface area contributed by atoms with Gasteiger partial charge in [-0.25, -0.2) is 4.90 Å². The Morgan fingerprint density at radius 2 is 1.35 bits per heavy atom. The SMILES string of the molecule is Cc1cccc2c1C(=O)C(c1cc(N3C(=O)c4c(Cl)c(Cl)c(Cl)c(Cl)c4C3=O)c3ccccc3n1)C2=O. The molecule has 1 unspecified atom stereocenters. The number of fused-ring (bicyclic) bond motifs is 3. The number of hydrogen-bond donors (Lipinski definition) is 0. The first-order valence-electron chi connectivity index (χ1n) is 11.0. The van der Waals surface area contributed by atoms with Gasteiger partial charge in [0.25, 0.3) is 11.8 Å². The third-order valence-electron chi connectivity index (χ3n) is 6.66. The maximum atomic E-state index is 13.6. The van der Waals surface area contributed by atoms with Crippen LogP contribution < -0.4 is 4.90 Å². The summed E-state index contributed by atoms with van der Waals surface area (Å²) in [5.74, 6) is -3.54. The number of ketones is 2. The highest BCUT2D eigenvalue weighted by molar-refractivity contribution is 6.56. The summed E-state index contributed by atoms with van der Waals surface area (Å²) in [5.41, 5.74) is 1.61. The van der Waals surface area contributed by atoms with Gasteiger partial charge in [-0.15, -0.1) is 0 Å². The Hall–Kier alpha value is -3.29. The standard InChI is InChI=1S/C27H12Cl4N2O4/c1-10-5-4-7-12-16(10)25(35)17(24(12)34)14-9-15(11-6-2-3-8-13(11)32-14)33-26(36)18-19(27(33)37)21(29)23(31)22(30)20(18)28/h2-9,17H,1H3. The van der Waals surface area contributed by atoms with Crippen molar-refractivity contribution in [3.63, 3.8) is 0 Å². The number of rotatable bonds is 2. The van der Waals surface area contributed by atoms with Crippen molar-refractivity contribution in [1.82, 2.24) is 4.98 Å². The number of Topliss-reactive ketones (excluding diaryl/α,β-unsaturated/α-hetero) is 2. The van der Waals surface area contributed by atoms with E-state index < -0.39 is 23.5 Å².